The summed E-state index contributed by atoms with van der Waals surface area (Å²) in [6, 6.07) is 13.4. The summed E-state index contributed by atoms with van der Waals surface area (Å²) in [4.78, 5) is 0. The maximum Gasteiger partial charge on any atom is 0.115 e. The molecule has 2 aromatic rings. The molecule has 2 aromatic carbocycles. The van der Waals surface area contributed by atoms with Crippen LogP contribution in [0, 0.1) is 0 Å². The summed E-state index contributed by atoms with van der Waals surface area (Å²) in [5, 5.41) is 40.1. The molecule has 0 spiro atoms. The van der Waals surface area contributed by atoms with Crippen molar-refractivity contribution in [1.82, 2.24) is 5.32 Å². The van der Waals surface area contributed by atoms with Crippen LogP contribution in [0.4, 0.5) is 0 Å². The number of rotatable bonds is 6. The maximum atomic E-state index is 9.53. The lowest BCUT2D eigenvalue weighted by atomic mass is 10.1. The van der Waals surface area contributed by atoms with Crippen LogP contribution in [-0.2, 0) is 0 Å². The van der Waals surface area contributed by atoms with Gasteiger partial charge in [0.15, 0.2) is 0 Å². The third-order valence-corrected chi connectivity index (χ3v) is 3.47. The molecule has 0 heterocycles. The summed E-state index contributed by atoms with van der Waals surface area (Å²) in [5.74, 6) is 0.394. The largest absolute Gasteiger partial charge is 0.508 e. The molecule has 0 aliphatic heterocycles. The van der Waals surface area contributed by atoms with Crippen molar-refractivity contribution in [1.29, 1.82) is 0 Å². The molecular weight excluding hydrogens is 306 g/mol. The monoisotopic (exact) mass is 333 g/mol. The van der Waals surface area contributed by atoms with E-state index in [1.54, 1.807) is 49.5 Å². The zero-order chi connectivity index (χ0) is 17.9. The van der Waals surface area contributed by atoms with Gasteiger partial charge in [-0.05, 0) is 48.9 Å². The smallest absolute Gasteiger partial charge is 0.115 e. The number of hydrogen-bond donors (Lipinski definition) is 5. The fourth-order valence-corrected chi connectivity index (χ4v) is 2.22. The predicted molar refractivity (Wildman–Crippen MR) is 95.0 cm³/mol. The minimum atomic E-state index is -0.554. The van der Waals surface area contributed by atoms with E-state index in [0.29, 0.717) is 6.54 Å². The van der Waals surface area contributed by atoms with E-state index in [2.05, 4.69) is 5.32 Å². The van der Waals surface area contributed by atoms with Crippen LogP contribution in [-0.4, -0.2) is 34.0 Å². The van der Waals surface area contributed by atoms with Gasteiger partial charge in [0, 0.05) is 6.54 Å². The minimum Gasteiger partial charge on any atom is -0.508 e. The SMILES string of the molecule is CCCC(O)c1cccc(O)c1.CNC[C@H](O)c1cccc(O)c1. The van der Waals surface area contributed by atoms with Crippen LogP contribution in [0.1, 0.15) is 43.1 Å². The molecule has 0 bridgehead atoms. The van der Waals surface area contributed by atoms with Gasteiger partial charge < -0.3 is 25.7 Å². The Hall–Kier alpha value is -2.08. The van der Waals surface area contributed by atoms with Crippen LogP contribution < -0.4 is 5.32 Å². The molecule has 0 amide bonds. The molecule has 0 saturated heterocycles. The quantitative estimate of drug-likeness (QED) is 0.560. The average Bonchev–Trinajstić information content (AvgIpc) is 2.56. The molecule has 24 heavy (non-hydrogen) atoms. The van der Waals surface area contributed by atoms with Crippen molar-refractivity contribution in [2.24, 2.45) is 0 Å². The Morgan fingerprint density at radius 3 is 1.79 bits per heavy atom. The molecular formula is C19H27NO4. The second-order valence-electron chi connectivity index (χ2n) is 5.57. The number of phenolic OH excluding ortho intramolecular Hbond substituents is 2. The number of hydrogen-bond acceptors (Lipinski definition) is 5. The number of aliphatic hydroxyl groups is 2. The number of phenols is 2. The van der Waals surface area contributed by atoms with E-state index in [0.717, 1.165) is 24.0 Å². The van der Waals surface area contributed by atoms with Crippen molar-refractivity contribution in [3.05, 3.63) is 59.7 Å². The van der Waals surface area contributed by atoms with E-state index >= 15 is 0 Å². The highest BCUT2D eigenvalue weighted by Crippen LogP contribution is 2.21. The lowest BCUT2D eigenvalue weighted by Gasteiger charge is -2.09. The van der Waals surface area contributed by atoms with Gasteiger partial charge in [-0.25, -0.2) is 0 Å². The summed E-state index contributed by atoms with van der Waals surface area (Å²) in [7, 11) is 1.77. The van der Waals surface area contributed by atoms with Gasteiger partial charge in [0.2, 0.25) is 0 Å². The topological polar surface area (TPSA) is 93.0 Å². The molecule has 5 heteroatoms. The molecule has 0 radical (unpaired) electrons. The first-order valence-electron chi connectivity index (χ1n) is 8.06. The van der Waals surface area contributed by atoms with Crippen LogP contribution >= 0.6 is 0 Å². The zero-order valence-electron chi connectivity index (χ0n) is 14.2. The highest BCUT2D eigenvalue weighted by molar-refractivity contribution is 5.29. The fourth-order valence-electron chi connectivity index (χ4n) is 2.22. The van der Waals surface area contributed by atoms with Crippen LogP contribution in [0.25, 0.3) is 0 Å². The minimum absolute atomic E-state index is 0.183. The third-order valence-electron chi connectivity index (χ3n) is 3.47. The molecule has 0 aliphatic carbocycles. The Labute approximate surface area is 143 Å². The summed E-state index contributed by atoms with van der Waals surface area (Å²) >= 11 is 0. The Morgan fingerprint density at radius 1 is 0.875 bits per heavy atom. The van der Waals surface area contributed by atoms with Crippen molar-refractivity contribution in [2.45, 2.75) is 32.0 Å². The Morgan fingerprint density at radius 2 is 1.38 bits per heavy atom. The van der Waals surface area contributed by atoms with Crippen molar-refractivity contribution >= 4 is 0 Å². The van der Waals surface area contributed by atoms with Crippen molar-refractivity contribution < 1.29 is 20.4 Å². The Kier molecular flexibility index (Phi) is 8.86. The molecule has 1 unspecified atom stereocenters. The lowest BCUT2D eigenvalue weighted by molar-refractivity contribution is 0.166. The highest BCUT2D eigenvalue weighted by Gasteiger charge is 2.06. The lowest BCUT2D eigenvalue weighted by Crippen LogP contribution is -2.16. The van der Waals surface area contributed by atoms with Crippen LogP contribution in [0.5, 0.6) is 11.5 Å². The second kappa shape index (κ2) is 10.6. The van der Waals surface area contributed by atoms with Crippen LogP contribution in [0.3, 0.4) is 0 Å². The molecule has 0 saturated carbocycles. The van der Waals surface area contributed by atoms with E-state index in [4.69, 9.17) is 10.2 Å². The molecule has 0 fully saturated rings. The molecule has 2 rings (SSSR count). The van der Waals surface area contributed by atoms with Crippen LogP contribution in [0.2, 0.25) is 0 Å². The van der Waals surface area contributed by atoms with E-state index < -0.39 is 12.2 Å². The number of benzene rings is 2. The number of aromatic hydroxyl groups is 2. The van der Waals surface area contributed by atoms with Gasteiger partial charge >= 0.3 is 0 Å². The number of aliphatic hydroxyl groups excluding tert-OH is 2. The normalized spacial score (nSPS) is 12.8. The standard InChI is InChI=1S/C10H14O2.C9H13NO2/c1-2-4-10(12)8-5-3-6-9(11)7-8;1-10-6-9(12)7-3-2-4-8(11)5-7/h3,5-7,10-12H,2,4H2,1H3;2-5,9-12H,6H2,1H3/t;9-/m.0/s1. The van der Waals surface area contributed by atoms with Crippen molar-refractivity contribution in [3.63, 3.8) is 0 Å². The van der Waals surface area contributed by atoms with Crippen LogP contribution in [0.15, 0.2) is 48.5 Å². The number of nitrogens with one attached hydrogen (secondary N) is 1. The second-order valence-corrected chi connectivity index (χ2v) is 5.57. The average molecular weight is 333 g/mol. The summed E-state index contributed by atoms with van der Waals surface area (Å²) < 4.78 is 0. The Balaban J connectivity index is 0.000000240. The molecule has 0 aliphatic rings. The van der Waals surface area contributed by atoms with E-state index in [9.17, 15) is 10.2 Å². The molecule has 132 valence electrons. The molecule has 5 nitrogen and oxygen atoms in total. The Bertz CT molecular complexity index is 550. The predicted octanol–water partition coefficient (Wildman–Crippen LogP) is 2.87. The molecule has 5 N–H and O–H groups in total. The van der Waals surface area contributed by atoms with E-state index in [1.165, 1.54) is 0 Å². The van der Waals surface area contributed by atoms with E-state index in [1.807, 2.05) is 13.0 Å². The van der Waals surface area contributed by atoms with Gasteiger partial charge in [-0.15, -0.1) is 0 Å². The summed E-state index contributed by atoms with van der Waals surface area (Å²) in [5.41, 5.74) is 1.52. The van der Waals surface area contributed by atoms with Gasteiger partial charge in [-0.1, -0.05) is 37.6 Å². The molecule has 2 atom stereocenters. The highest BCUT2D eigenvalue weighted by atomic mass is 16.3. The van der Waals surface area contributed by atoms with Gasteiger partial charge in [-0.3, -0.25) is 0 Å². The summed E-state index contributed by atoms with van der Waals surface area (Å²) in [6.45, 7) is 2.51. The maximum absolute atomic E-state index is 9.53. The first-order chi connectivity index (χ1) is 11.5. The first kappa shape index (κ1) is 20.0. The summed E-state index contributed by atoms with van der Waals surface area (Å²) in [6.07, 6.45) is 0.685. The van der Waals surface area contributed by atoms with Gasteiger partial charge in [0.25, 0.3) is 0 Å². The van der Waals surface area contributed by atoms with Gasteiger partial charge in [0.1, 0.15) is 11.5 Å². The molecule has 0 aromatic heterocycles. The van der Waals surface area contributed by atoms with E-state index in [-0.39, 0.29) is 11.5 Å². The van der Waals surface area contributed by atoms with Gasteiger partial charge in [0.05, 0.1) is 12.2 Å². The van der Waals surface area contributed by atoms with Gasteiger partial charge in [-0.2, -0.15) is 0 Å². The first-order valence-corrected chi connectivity index (χ1v) is 8.06. The van der Waals surface area contributed by atoms with Crippen molar-refractivity contribution in [3.8, 4) is 11.5 Å². The fraction of sp³-hybridized carbons (Fsp3) is 0.368. The zero-order valence-corrected chi connectivity index (χ0v) is 14.2. The third kappa shape index (κ3) is 7.00. The van der Waals surface area contributed by atoms with Crippen molar-refractivity contribution in [2.75, 3.05) is 13.6 Å². The number of likely N-dealkylation sites (N-methyl/N-ethyl adjacent to an activating group) is 1.